The van der Waals surface area contributed by atoms with E-state index < -0.39 is 29.8 Å². The lowest BCUT2D eigenvalue weighted by molar-refractivity contribution is -0.138. The van der Waals surface area contributed by atoms with Crippen LogP contribution in [-0.2, 0) is 17.5 Å². The van der Waals surface area contributed by atoms with E-state index in [1.807, 2.05) is 0 Å². The van der Waals surface area contributed by atoms with Crippen LogP contribution in [0.1, 0.15) is 37.4 Å². The number of carbonyl (C=O) groups excluding carboxylic acids is 3. The highest BCUT2D eigenvalue weighted by molar-refractivity contribution is 6.28. The second-order valence-corrected chi connectivity index (χ2v) is 6.89. The zero-order valence-electron chi connectivity index (χ0n) is 15.7. The van der Waals surface area contributed by atoms with Gasteiger partial charge in [-0.15, -0.1) is 0 Å². The largest absolute Gasteiger partial charge is 0.417 e. The Labute approximate surface area is 172 Å². The number of anilines is 1. The van der Waals surface area contributed by atoms with Crippen molar-refractivity contribution in [2.24, 2.45) is 0 Å². The number of alkyl halides is 3. The fourth-order valence-corrected chi connectivity index (χ4v) is 3.35. The molecule has 1 aliphatic carbocycles. The number of hydrogen-bond donors (Lipinski definition) is 1. The molecule has 31 heavy (non-hydrogen) atoms. The Kier molecular flexibility index (Phi) is 4.81. The van der Waals surface area contributed by atoms with Crippen molar-refractivity contribution in [2.75, 3.05) is 5.32 Å². The summed E-state index contributed by atoms with van der Waals surface area (Å²) in [5.41, 5.74) is -0.819. The summed E-state index contributed by atoms with van der Waals surface area (Å²) in [6.45, 7) is -0.657. The summed E-state index contributed by atoms with van der Waals surface area (Å²) in [7, 11) is 0. The maximum absolute atomic E-state index is 12.8. The van der Waals surface area contributed by atoms with E-state index in [1.54, 1.807) is 18.2 Å². The molecule has 6 nitrogen and oxygen atoms in total. The molecule has 1 amide bonds. The van der Waals surface area contributed by atoms with Gasteiger partial charge in [0.05, 0.1) is 5.56 Å². The smallest absolute Gasteiger partial charge is 0.325 e. The number of nitrogens with zero attached hydrogens (tertiary/aromatic N) is 1. The normalized spacial score (nSPS) is 12.9. The number of hydrogen-bond acceptors (Lipinski definition) is 4. The molecule has 0 atom stereocenters. The lowest BCUT2D eigenvalue weighted by Gasteiger charge is -2.18. The Balaban J connectivity index is 1.58. The summed E-state index contributed by atoms with van der Waals surface area (Å²) in [5, 5.41) is 2.44. The molecule has 0 fully saturated rings. The van der Waals surface area contributed by atoms with Gasteiger partial charge in [0.15, 0.2) is 11.6 Å². The summed E-state index contributed by atoms with van der Waals surface area (Å²) < 4.78 is 39.2. The van der Waals surface area contributed by atoms with E-state index >= 15 is 0 Å². The molecule has 0 unspecified atom stereocenters. The first kappa shape index (κ1) is 20.3. The summed E-state index contributed by atoms with van der Waals surface area (Å²) in [4.78, 5) is 49.5. The van der Waals surface area contributed by atoms with Gasteiger partial charge in [0.2, 0.25) is 5.91 Å². The first-order valence-corrected chi connectivity index (χ1v) is 9.05. The van der Waals surface area contributed by atoms with E-state index in [0.29, 0.717) is 22.4 Å². The first-order chi connectivity index (χ1) is 14.6. The highest BCUT2D eigenvalue weighted by Crippen LogP contribution is 2.29. The molecule has 1 N–H and O–H groups in total. The molecule has 3 aromatic rings. The lowest BCUT2D eigenvalue weighted by atomic mass is 9.84. The average molecular weight is 426 g/mol. The quantitative estimate of drug-likeness (QED) is 0.545. The van der Waals surface area contributed by atoms with Gasteiger partial charge < -0.3 is 9.88 Å². The molecule has 4 rings (SSSR count). The zero-order valence-corrected chi connectivity index (χ0v) is 15.7. The van der Waals surface area contributed by atoms with E-state index in [9.17, 15) is 32.3 Å². The molecular formula is C22H13F3N2O4. The van der Waals surface area contributed by atoms with Crippen LogP contribution in [-0.4, -0.2) is 22.0 Å². The SMILES string of the molecule is O=C(Cn1cc(C(F)(F)F)ccc1=O)Nc1ccc2c(c1)C(=O)c1ccccc1C2=O. The van der Waals surface area contributed by atoms with Gasteiger partial charge >= 0.3 is 6.18 Å². The van der Waals surface area contributed by atoms with E-state index in [0.717, 1.165) is 6.07 Å². The zero-order chi connectivity index (χ0) is 22.3. The molecule has 0 radical (unpaired) electrons. The van der Waals surface area contributed by atoms with E-state index in [1.165, 1.54) is 24.3 Å². The summed E-state index contributed by atoms with van der Waals surface area (Å²) >= 11 is 0. The molecule has 1 aromatic heterocycles. The van der Waals surface area contributed by atoms with Crippen molar-refractivity contribution >= 4 is 23.2 Å². The number of halogens is 3. The highest BCUT2D eigenvalue weighted by Gasteiger charge is 2.31. The number of rotatable bonds is 3. The summed E-state index contributed by atoms with van der Waals surface area (Å²) in [6, 6.07) is 11.9. The van der Waals surface area contributed by atoms with Crippen LogP contribution in [0.2, 0.25) is 0 Å². The Morgan fingerprint density at radius 3 is 2.10 bits per heavy atom. The van der Waals surface area contributed by atoms with Gasteiger partial charge in [-0.1, -0.05) is 24.3 Å². The Morgan fingerprint density at radius 1 is 0.839 bits per heavy atom. The van der Waals surface area contributed by atoms with E-state index in [-0.39, 0.29) is 33.9 Å². The van der Waals surface area contributed by atoms with Crippen molar-refractivity contribution in [3.05, 3.63) is 99.0 Å². The molecule has 0 saturated heterocycles. The van der Waals surface area contributed by atoms with Crippen LogP contribution in [0.5, 0.6) is 0 Å². The van der Waals surface area contributed by atoms with Crippen LogP contribution >= 0.6 is 0 Å². The summed E-state index contributed by atoms with van der Waals surface area (Å²) in [5.74, 6) is -1.47. The number of carbonyl (C=O) groups is 3. The van der Waals surface area contributed by atoms with Crippen molar-refractivity contribution in [1.82, 2.24) is 4.57 Å². The highest BCUT2D eigenvalue weighted by atomic mass is 19.4. The molecule has 0 bridgehead atoms. The third-order valence-corrected chi connectivity index (χ3v) is 4.83. The van der Waals surface area contributed by atoms with Crippen molar-refractivity contribution in [2.45, 2.75) is 12.7 Å². The molecule has 0 spiro atoms. The Morgan fingerprint density at radius 2 is 1.45 bits per heavy atom. The number of ketones is 2. The van der Waals surface area contributed by atoms with Gasteiger partial charge in [0.25, 0.3) is 5.56 Å². The van der Waals surface area contributed by atoms with Crippen LogP contribution in [0.15, 0.2) is 65.6 Å². The van der Waals surface area contributed by atoms with E-state index in [4.69, 9.17) is 0 Å². The number of nitrogens with one attached hydrogen (secondary N) is 1. The van der Waals surface area contributed by atoms with Crippen molar-refractivity contribution in [1.29, 1.82) is 0 Å². The second kappa shape index (κ2) is 7.35. The maximum Gasteiger partial charge on any atom is 0.417 e. The van der Waals surface area contributed by atoms with Gasteiger partial charge in [-0.25, -0.2) is 0 Å². The minimum absolute atomic E-state index is 0.109. The van der Waals surface area contributed by atoms with Crippen molar-refractivity contribution in [3.8, 4) is 0 Å². The minimum Gasteiger partial charge on any atom is -0.325 e. The van der Waals surface area contributed by atoms with Crippen LogP contribution in [0.4, 0.5) is 18.9 Å². The second-order valence-electron chi connectivity index (χ2n) is 6.89. The fourth-order valence-electron chi connectivity index (χ4n) is 3.35. The van der Waals surface area contributed by atoms with Crippen LogP contribution in [0, 0.1) is 0 Å². The van der Waals surface area contributed by atoms with Gasteiger partial charge in [-0.05, 0) is 24.3 Å². The topological polar surface area (TPSA) is 85.2 Å². The average Bonchev–Trinajstić information content (AvgIpc) is 2.72. The van der Waals surface area contributed by atoms with Gasteiger partial charge in [-0.2, -0.15) is 13.2 Å². The number of fused-ring (bicyclic) bond motifs is 2. The van der Waals surface area contributed by atoms with Crippen LogP contribution in [0.3, 0.4) is 0 Å². The standard InChI is InChI=1S/C22H13F3N2O4/c23-22(24,25)12-5-8-19(29)27(10-12)11-18(28)26-13-6-7-16-17(9-13)21(31)15-4-2-1-3-14(15)20(16)30/h1-10H,11H2,(H,26,28). The molecule has 0 saturated carbocycles. The summed E-state index contributed by atoms with van der Waals surface area (Å²) in [6.07, 6.45) is -4.10. The molecule has 1 heterocycles. The van der Waals surface area contributed by atoms with Crippen LogP contribution in [0.25, 0.3) is 0 Å². The third-order valence-electron chi connectivity index (χ3n) is 4.83. The predicted octanol–water partition coefficient (Wildman–Crippen LogP) is 3.28. The number of pyridine rings is 1. The Hall–Kier alpha value is -4.01. The van der Waals surface area contributed by atoms with E-state index in [2.05, 4.69) is 5.32 Å². The predicted molar refractivity (Wildman–Crippen MR) is 104 cm³/mol. The number of amides is 1. The third kappa shape index (κ3) is 3.77. The van der Waals surface area contributed by atoms with Gasteiger partial charge in [0.1, 0.15) is 6.54 Å². The van der Waals surface area contributed by atoms with Crippen molar-refractivity contribution < 1.29 is 27.6 Å². The monoisotopic (exact) mass is 426 g/mol. The first-order valence-electron chi connectivity index (χ1n) is 9.05. The van der Waals surface area contributed by atoms with Crippen molar-refractivity contribution in [3.63, 3.8) is 0 Å². The molecule has 0 aliphatic heterocycles. The van der Waals surface area contributed by atoms with Gasteiger partial charge in [-0.3, -0.25) is 19.2 Å². The molecular weight excluding hydrogens is 413 g/mol. The molecule has 2 aromatic carbocycles. The van der Waals surface area contributed by atoms with Crippen LogP contribution < -0.4 is 10.9 Å². The van der Waals surface area contributed by atoms with Gasteiger partial charge in [0, 0.05) is 40.2 Å². The number of benzene rings is 2. The maximum atomic E-state index is 12.8. The number of aromatic nitrogens is 1. The molecule has 1 aliphatic rings. The Bertz CT molecular complexity index is 1310. The molecule has 156 valence electrons. The lowest BCUT2D eigenvalue weighted by Crippen LogP contribution is -2.28. The minimum atomic E-state index is -4.66. The molecule has 9 heteroatoms. The fraction of sp³-hybridized carbons (Fsp3) is 0.0909.